The van der Waals surface area contributed by atoms with Crippen LogP contribution in [0.2, 0.25) is 0 Å². The average molecular weight is 584 g/mol. The van der Waals surface area contributed by atoms with Gasteiger partial charge < -0.3 is 24.8 Å². The number of carbonyl (C=O) groups is 1. The molecular formula is C29H37N5O6S. The van der Waals surface area contributed by atoms with E-state index in [2.05, 4.69) is 21.5 Å². The molecule has 4 fully saturated rings. The number of nitrogens with one attached hydrogen (secondary N) is 4. The number of ether oxygens (including phenoxy) is 3. The number of methoxy groups -OCH3 is 2. The highest BCUT2D eigenvalue weighted by Crippen LogP contribution is 2.65. The highest BCUT2D eigenvalue weighted by atomic mass is 32.2. The lowest BCUT2D eigenvalue weighted by atomic mass is 9.74. The first-order chi connectivity index (χ1) is 19.8. The zero-order valence-electron chi connectivity index (χ0n) is 23.3. The number of hydrogen-bond donors (Lipinski definition) is 4. The monoisotopic (exact) mass is 583 g/mol. The van der Waals surface area contributed by atoms with Gasteiger partial charge in [-0.3, -0.25) is 10.2 Å². The Kier molecular flexibility index (Phi) is 6.66. The van der Waals surface area contributed by atoms with Gasteiger partial charge in [0.15, 0.2) is 0 Å². The van der Waals surface area contributed by atoms with Crippen LogP contribution < -0.4 is 31.0 Å². The van der Waals surface area contributed by atoms with Gasteiger partial charge in [-0.1, -0.05) is 0 Å². The molecule has 2 aliphatic carbocycles. The van der Waals surface area contributed by atoms with Gasteiger partial charge in [0.25, 0.3) is 0 Å². The summed E-state index contributed by atoms with van der Waals surface area (Å²) in [4.78, 5) is 13.4. The molecule has 220 valence electrons. The van der Waals surface area contributed by atoms with Gasteiger partial charge in [0.1, 0.15) is 11.5 Å². The van der Waals surface area contributed by atoms with E-state index >= 15 is 0 Å². The van der Waals surface area contributed by atoms with Crippen molar-refractivity contribution in [3.8, 4) is 11.5 Å². The van der Waals surface area contributed by atoms with E-state index in [0.29, 0.717) is 55.5 Å². The standard InChI is InChI=1S/C29H37N5O6S/c1-38-18-4-7-23-21(14-18)29(28(35)31-23)16-22(29)17-3-6-20-24(13-17)32-33-27(20)30-25-15-19(5-8-26(25)39-2)41(36,37)34-9-11-40-12-10-34/h4-5,7-8,14-15,17,20,22,24,27,30,32-33H,3,6,9-13,16H2,1-2H3,(H,31,35)/t17?,20?,22-,24?,27?,29-/m0/s1. The lowest BCUT2D eigenvalue weighted by Gasteiger charge is -2.34. The van der Waals surface area contributed by atoms with Gasteiger partial charge in [0, 0.05) is 30.7 Å². The third kappa shape index (κ3) is 4.38. The molecule has 1 spiro atoms. The minimum Gasteiger partial charge on any atom is -0.497 e. The SMILES string of the molecule is COc1ccc2c(c1)[C@]1(C[C@H]1C1CCC3C(C1)NNC3Nc1cc(S(=O)(=O)N3CCOCC3)ccc1OC)C(=O)N2. The van der Waals surface area contributed by atoms with Crippen molar-refractivity contribution in [2.75, 3.05) is 51.2 Å². The van der Waals surface area contributed by atoms with E-state index < -0.39 is 15.4 Å². The smallest absolute Gasteiger partial charge is 0.243 e. The summed E-state index contributed by atoms with van der Waals surface area (Å²) in [6.45, 7) is 1.49. The summed E-state index contributed by atoms with van der Waals surface area (Å²) in [5, 5.41) is 6.63. The fraction of sp³-hybridized carbons (Fsp3) is 0.552. The van der Waals surface area contributed by atoms with Crippen LogP contribution in [0.1, 0.15) is 31.2 Å². The summed E-state index contributed by atoms with van der Waals surface area (Å²) in [6, 6.07) is 11.1. The fourth-order valence-corrected chi connectivity index (χ4v) is 9.01. The molecule has 0 aromatic heterocycles. The number of amides is 1. The van der Waals surface area contributed by atoms with Gasteiger partial charge in [0.2, 0.25) is 15.9 Å². The Morgan fingerprint density at radius 1 is 1.05 bits per heavy atom. The minimum absolute atomic E-state index is 0.0934. The van der Waals surface area contributed by atoms with Gasteiger partial charge >= 0.3 is 0 Å². The molecule has 2 saturated carbocycles. The topological polar surface area (TPSA) is 130 Å². The van der Waals surface area contributed by atoms with Crippen LogP contribution in [-0.4, -0.2) is 71.4 Å². The number of anilines is 2. The number of rotatable bonds is 7. The van der Waals surface area contributed by atoms with E-state index in [0.717, 1.165) is 42.7 Å². The summed E-state index contributed by atoms with van der Waals surface area (Å²) in [6.07, 6.45) is 3.77. The highest BCUT2D eigenvalue weighted by Gasteiger charge is 2.67. The molecule has 4 N–H and O–H groups in total. The Bertz CT molecular complexity index is 1460. The molecule has 2 aromatic rings. The summed E-state index contributed by atoms with van der Waals surface area (Å²) in [5.74, 6) is 2.53. The second-order valence-electron chi connectivity index (χ2n) is 11.8. The number of carbonyl (C=O) groups excluding carboxylic acids is 1. The number of morpholine rings is 1. The van der Waals surface area contributed by atoms with Crippen molar-refractivity contribution in [3.63, 3.8) is 0 Å². The molecule has 7 rings (SSSR count). The number of fused-ring (bicyclic) bond motifs is 3. The highest BCUT2D eigenvalue weighted by molar-refractivity contribution is 7.89. The summed E-state index contributed by atoms with van der Waals surface area (Å²) < 4.78 is 44.4. The quantitative estimate of drug-likeness (QED) is 0.388. The van der Waals surface area contributed by atoms with Gasteiger partial charge in [-0.25, -0.2) is 13.8 Å². The molecule has 2 aromatic carbocycles. The Hall–Kier alpha value is -2.90. The van der Waals surface area contributed by atoms with Gasteiger partial charge in [0.05, 0.1) is 49.6 Å². The Morgan fingerprint density at radius 2 is 1.88 bits per heavy atom. The first-order valence-corrected chi connectivity index (χ1v) is 15.8. The molecule has 5 aliphatic rings. The third-order valence-corrected chi connectivity index (χ3v) is 11.7. The molecule has 11 nitrogen and oxygen atoms in total. The van der Waals surface area contributed by atoms with Crippen molar-refractivity contribution in [1.29, 1.82) is 0 Å². The van der Waals surface area contributed by atoms with Crippen molar-refractivity contribution in [2.45, 2.75) is 48.2 Å². The van der Waals surface area contributed by atoms with Crippen LogP contribution in [0, 0.1) is 17.8 Å². The van der Waals surface area contributed by atoms with Crippen LogP contribution in [-0.2, 0) is 25.0 Å². The molecular weight excluding hydrogens is 546 g/mol. The number of benzene rings is 2. The van der Waals surface area contributed by atoms with Crippen molar-refractivity contribution in [2.24, 2.45) is 17.8 Å². The predicted molar refractivity (Wildman–Crippen MR) is 152 cm³/mol. The molecule has 2 saturated heterocycles. The first-order valence-electron chi connectivity index (χ1n) is 14.4. The molecule has 1 amide bonds. The van der Waals surface area contributed by atoms with E-state index in [4.69, 9.17) is 14.2 Å². The minimum atomic E-state index is -3.64. The van der Waals surface area contributed by atoms with E-state index in [-0.39, 0.29) is 23.0 Å². The molecule has 0 radical (unpaired) electrons. The van der Waals surface area contributed by atoms with Crippen molar-refractivity contribution >= 4 is 27.3 Å². The summed E-state index contributed by atoms with van der Waals surface area (Å²) >= 11 is 0. The maximum absolute atomic E-state index is 13.3. The number of hydrogen-bond acceptors (Lipinski definition) is 9. The van der Waals surface area contributed by atoms with Crippen LogP contribution in [0.15, 0.2) is 41.3 Å². The van der Waals surface area contributed by atoms with Gasteiger partial charge in [-0.2, -0.15) is 4.31 Å². The lowest BCUT2D eigenvalue weighted by molar-refractivity contribution is -0.118. The van der Waals surface area contributed by atoms with Crippen LogP contribution in [0.25, 0.3) is 0 Å². The lowest BCUT2D eigenvalue weighted by Crippen LogP contribution is -2.41. The second-order valence-corrected chi connectivity index (χ2v) is 13.7. The van der Waals surface area contributed by atoms with Gasteiger partial charge in [-0.15, -0.1) is 0 Å². The Morgan fingerprint density at radius 3 is 2.66 bits per heavy atom. The largest absolute Gasteiger partial charge is 0.497 e. The van der Waals surface area contributed by atoms with E-state index in [1.165, 1.54) is 4.31 Å². The predicted octanol–water partition coefficient (Wildman–Crippen LogP) is 2.27. The summed E-state index contributed by atoms with van der Waals surface area (Å²) in [7, 11) is -0.395. The zero-order valence-corrected chi connectivity index (χ0v) is 24.1. The molecule has 12 heteroatoms. The first kappa shape index (κ1) is 27.0. The van der Waals surface area contributed by atoms with Crippen LogP contribution in [0.5, 0.6) is 11.5 Å². The zero-order chi connectivity index (χ0) is 28.4. The molecule has 4 unspecified atom stereocenters. The number of hydrazine groups is 1. The van der Waals surface area contributed by atoms with Crippen molar-refractivity contribution < 1.29 is 27.4 Å². The fourth-order valence-electron chi connectivity index (χ4n) is 7.58. The van der Waals surface area contributed by atoms with E-state index in [1.807, 2.05) is 18.2 Å². The van der Waals surface area contributed by atoms with E-state index in [9.17, 15) is 13.2 Å². The molecule has 3 heterocycles. The molecule has 6 atom stereocenters. The van der Waals surface area contributed by atoms with Gasteiger partial charge in [-0.05, 0) is 79.5 Å². The Labute approximate surface area is 240 Å². The number of nitrogens with zero attached hydrogens (tertiary/aromatic N) is 1. The third-order valence-electron chi connectivity index (χ3n) is 9.83. The van der Waals surface area contributed by atoms with Crippen LogP contribution in [0.4, 0.5) is 11.4 Å². The molecule has 41 heavy (non-hydrogen) atoms. The van der Waals surface area contributed by atoms with Crippen molar-refractivity contribution in [3.05, 3.63) is 42.0 Å². The molecule has 3 aliphatic heterocycles. The maximum atomic E-state index is 13.3. The molecule has 0 bridgehead atoms. The van der Waals surface area contributed by atoms with Crippen molar-refractivity contribution in [1.82, 2.24) is 15.2 Å². The van der Waals surface area contributed by atoms with Crippen LogP contribution >= 0.6 is 0 Å². The Balaban J connectivity index is 1.05. The normalized spacial score (nSPS) is 32.7. The second kappa shape index (κ2) is 10.1. The van der Waals surface area contributed by atoms with E-state index in [1.54, 1.807) is 32.4 Å². The average Bonchev–Trinajstić information content (AvgIpc) is 3.55. The summed E-state index contributed by atoms with van der Waals surface area (Å²) in [5.41, 5.74) is 9.08. The maximum Gasteiger partial charge on any atom is 0.243 e. The number of sulfonamides is 1. The van der Waals surface area contributed by atoms with Crippen LogP contribution in [0.3, 0.4) is 0 Å².